The minimum absolute atomic E-state index is 0.212. The van der Waals surface area contributed by atoms with Crippen molar-refractivity contribution in [3.8, 4) is 0 Å². The number of halogens is 2. The van der Waals surface area contributed by atoms with E-state index in [1.807, 2.05) is 0 Å². The minimum Gasteiger partial charge on any atom is -0.352 e. The number of hydrogen-bond donors (Lipinski definition) is 2. The Morgan fingerprint density at radius 1 is 0.583 bits per heavy atom. The fourth-order valence-electron chi connectivity index (χ4n) is 2.13. The van der Waals surface area contributed by atoms with Crippen LogP contribution < -0.4 is 10.6 Å². The van der Waals surface area contributed by atoms with E-state index in [0.717, 1.165) is 0 Å². The van der Waals surface area contributed by atoms with Crippen molar-refractivity contribution in [2.45, 2.75) is 0 Å². The Morgan fingerprint density at radius 2 is 0.917 bits per heavy atom. The Morgan fingerprint density at radius 3 is 1.25 bits per heavy atom. The number of hydrogen-bond acceptors (Lipinski definition) is 4. The van der Waals surface area contributed by atoms with Gasteiger partial charge in [-0.25, -0.2) is 0 Å². The molecule has 0 radical (unpaired) electrons. The zero-order valence-corrected chi connectivity index (χ0v) is 13.9. The Bertz CT molecular complexity index is 780. The van der Waals surface area contributed by atoms with Crippen LogP contribution in [0.2, 0.25) is 10.0 Å². The molecule has 0 spiro atoms. The molecular formula is C18H12Cl2N2O2. The van der Waals surface area contributed by atoms with Crippen LogP contribution >= 0.6 is 23.2 Å². The van der Waals surface area contributed by atoms with E-state index < -0.39 is 0 Å². The van der Waals surface area contributed by atoms with Crippen molar-refractivity contribution >= 4 is 46.1 Å². The van der Waals surface area contributed by atoms with Gasteiger partial charge in [0.25, 0.3) is 0 Å². The van der Waals surface area contributed by atoms with Crippen LogP contribution in [0.3, 0.4) is 0 Å². The van der Waals surface area contributed by atoms with Crippen molar-refractivity contribution < 1.29 is 9.59 Å². The van der Waals surface area contributed by atoms with Gasteiger partial charge in [-0.05, 0) is 48.5 Å². The summed E-state index contributed by atoms with van der Waals surface area (Å²) in [5, 5.41) is 7.03. The third-order valence-electron chi connectivity index (χ3n) is 3.33. The Balaban J connectivity index is 1.73. The van der Waals surface area contributed by atoms with Gasteiger partial charge in [-0.1, -0.05) is 23.2 Å². The lowest BCUT2D eigenvalue weighted by Gasteiger charge is -2.15. The highest BCUT2D eigenvalue weighted by molar-refractivity contribution is 6.31. The molecule has 0 fully saturated rings. The summed E-state index contributed by atoms with van der Waals surface area (Å²) in [5.41, 5.74) is 1.77. The Labute approximate surface area is 148 Å². The van der Waals surface area contributed by atoms with Gasteiger partial charge < -0.3 is 10.6 Å². The summed E-state index contributed by atoms with van der Waals surface area (Å²) in [6.07, 6.45) is 2.55. The highest BCUT2D eigenvalue weighted by Gasteiger charge is 2.20. The van der Waals surface area contributed by atoms with Gasteiger partial charge in [0.2, 0.25) is 11.6 Å². The predicted octanol–water partition coefficient (Wildman–Crippen LogP) is 4.44. The fraction of sp³-hybridized carbons (Fsp3) is 0. The van der Waals surface area contributed by atoms with Crippen molar-refractivity contribution in [1.82, 2.24) is 0 Å². The molecule has 0 aliphatic heterocycles. The van der Waals surface area contributed by atoms with Crippen LogP contribution in [0.25, 0.3) is 0 Å². The second-order valence-electron chi connectivity index (χ2n) is 5.11. The van der Waals surface area contributed by atoms with E-state index in [1.54, 1.807) is 48.5 Å². The van der Waals surface area contributed by atoms with Gasteiger partial charge in [0.15, 0.2) is 0 Å². The molecule has 0 saturated heterocycles. The first-order valence-corrected chi connectivity index (χ1v) is 7.84. The quantitative estimate of drug-likeness (QED) is 0.793. The monoisotopic (exact) mass is 358 g/mol. The fourth-order valence-corrected chi connectivity index (χ4v) is 2.38. The summed E-state index contributed by atoms with van der Waals surface area (Å²) in [4.78, 5) is 24.4. The molecule has 0 aromatic heterocycles. The van der Waals surface area contributed by atoms with E-state index in [0.29, 0.717) is 21.4 Å². The van der Waals surface area contributed by atoms with Gasteiger partial charge in [-0.2, -0.15) is 0 Å². The molecule has 0 amide bonds. The van der Waals surface area contributed by atoms with Crippen LogP contribution in [0.1, 0.15) is 0 Å². The summed E-state index contributed by atoms with van der Waals surface area (Å²) in [7, 11) is 0. The zero-order valence-electron chi connectivity index (χ0n) is 12.3. The molecule has 120 valence electrons. The largest absolute Gasteiger partial charge is 0.352 e. The number of allylic oxidation sites excluding steroid dienone is 2. The summed E-state index contributed by atoms with van der Waals surface area (Å²) >= 11 is 11.6. The van der Waals surface area contributed by atoms with Crippen LogP contribution in [0.15, 0.2) is 72.1 Å². The maximum atomic E-state index is 12.2. The summed E-state index contributed by atoms with van der Waals surface area (Å²) in [6, 6.07) is 13.7. The predicted molar refractivity (Wildman–Crippen MR) is 96.3 cm³/mol. The molecule has 0 saturated carbocycles. The lowest BCUT2D eigenvalue weighted by atomic mass is 10.1. The van der Waals surface area contributed by atoms with Crippen LogP contribution in [-0.4, -0.2) is 11.6 Å². The molecule has 0 unspecified atom stereocenters. The first-order chi connectivity index (χ1) is 11.5. The highest BCUT2D eigenvalue weighted by Crippen LogP contribution is 2.20. The maximum Gasteiger partial charge on any atom is 0.204 e. The Kier molecular flexibility index (Phi) is 4.69. The van der Waals surface area contributed by atoms with Crippen molar-refractivity contribution in [2.24, 2.45) is 0 Å². The number of rotatable bonds is 4. The molecule has 1 aliphatic rings. The number of ketones is 2. The smallest absolute Gasteiger partial charge is 0.204 e. The van der Waals surface area contributed by atoms with E-state index in [4.69, 9.17) is 23.2 Å². The molecule has 2 aromatic carbocycles. The summed E-state index contributed by atoms with van der Waals surface area (Å²) < 4.78 is 0. The molecule has 1 aliphatic carbocycles. The number of carbonyl (C=O) groups excluding carboxylic acids is 2. The van der Waals surface area contributed by atoms with E-state index in [-0.39, 0.29) is 23.0 Å². The molecule has 24 heavy (non-hydrogen) atoms. The van der Waals surface area contributed by atoms with Crippen LogP contribution in [-0.2, 0) is 9.59 Å². The Hall–Kier alpha value is -2.56. The summed E-state index contributed by atoms with van der Waals surface area (Å²) in [6.45, 7) is 0. The average molecular weight is 359 g/mol. The van der Waals surface area contributed by atoms with E-state index in [9.17, 15) is 9.59 Å². The van der Waals surface area contributed by atoms with Gasteiger partial charge in [-0.3, -0.25) is 9.59 Å². The lowest BCUT2D eigenvalue weighted by Crippen LogP contribution is -2.21. The molecular weight excluding hydrogens is 347 g/mol. The summed E-state index contributed by atoms with van der Waals surface area (Å²) in [5.74, 6) is -0.581. The molecule has 2 N–H and O–H groups in total. The molecule has 3 rings (SSSR count). The third-order valence-corrected chi connectivity index (χ3v) is 3.83. The molecule has 0 bridgehead atoms. The van der Waals surface area contributed by atoms with Crippen molar-refractivity contribution in [3.63, 3.8) is 0 Å². The van der Waals surface area contributed by atoms with E-state index in [2.05, 4.69) is 10.6 Å². The molecule has 4 nitrogen and oxygen atoms in total. The molecule has 6 heteroatoms. The molecule has 2 aromatic rings. The van der Waals surface area contributed by atoms with Gasteiger partial charge in [0.05, 0.1) is 11.4 Å². The van der Waals surface area contributed by atoms with Gasteiger partial charge in [0, 0.05) is 33.6 Å². The first kappa shape index (κ1) is 16.3. The first-order valence-electron chi connectivity index (χ1n) is 7.08. The van der Waals surface area contributed by atoms with Crippen LogP contribution in [0.5, 0.6) is 0 Å². The van der Waals surface area contributed by atoms with Crippen molar-refractivity contribution in [1.29, 1.82) is 0 Å². The maximum absolute atomic E-state index is 12.2. The second kappa shape index (κ2) is 6.91. The van der Waals surface area contributed by atoms with Crippen molar-refractivity contribution in [2.75, 3.05) is 10.6 Å². The number of carbonyl (C=O) groups is 2. The SMILES string of the molecule is O=C1C=C(Nc2ccc(Cl)cc2)C(=O)C=C1Nc1ccc(Cl)cc1. The van der Waals surface area contributed by atoms with Gasteiger partial charge >= 0.3 is 0 Å². The average Bonchev–Trinajstić information content (AvgIpc) is 2.56. The molecule has 0 heterocycles. The van der Waals surface area contributed by atoms with E-state index >= 15 is 0 Å². The van der Waals surface area contributed by atoms with Crippen LogP contribution in [0, 0.1) is 0 Å². The second-order valence-corrected chi connectivity index (χ2v) is 5.98. The van der Waals surface area contributed by atoms with Crippen molar-refractivity contribution in [3.05, 3.63) is 82.1 Å². The third kappa shape index (κ3) is 3.85. The zero-order chi connectivity index (χ0) is 17.1. The lowest BCUT2D eigenvalue weighted by molar-refractivity contribution is -0.115. The highest BCUT2D eigenvalue weighted by atomic mass is 35.5. The van der Waals surface area contributed by atoms with Crippen LogP contribution in [0.4, 0.5) is 11.4 Å². The number of nitrogens with one attached hydrogen (secondary N) is 2. The van der Waals surface area contributed by atoms with Gasteiger partial charge in [-0.15, -0.1) is 0 Å². The number of anilines is 2. The topological polar surface area (TPSA) is 58.2 Å². The van der Waals surface area contributed by atoms with E-state index in [1.165, 1.54) is 12.2 Å². The molecule has 0 atom stereocenters. The normalized spacial score (nSPS) is 14.1. The number of benzene rings is 2. The standard InChI is InChI=1S/C18H12Cl2N2O2/c19-11-1-5-13(6-2-11)21-15-9-18(24)16(10-17(15)23)22-14-7-3-12(20)4-8-14/h1-10,21-22H. The minimum atomic E-state index is -0.291. The van der Waals surface area contributed by atoms with Gasteiger partial charge in [0.1, 0.15) is 0 Å².